The topological polar surface area (TPSA) is 29.1 Å². The van der Waals surface area contributed by atoms with Crippen LogP contribution in [-0.2, 0) is 6.54 Å². The molecule has 0 aliphatic rings. The first kappa shape index (κ1) is 13.4. The zero-order chi connectivity index (χ0) is 13.1. The van der Waals surface area contributed by atoms with Gasteiger partial charge in [-0.05, 0) is 30.3 Å². The molecular weight excluding hydrogens is 293 g/mol. The number of carbonyl (C=O) groups excluding carboxylic acids is 1. The summed E-state index contributed by atoms with van der Waals surface area (Å²) in [5.74, 6) is -0.713. The highest BCUT2D eigenvalue weighted by atomic mass is 35.5. The molecule has 0 radical (unpaired) electrons. The van der Waals surface area contributed by atoms with Crippen molar-refractivity contribution in [3.63, 3.8) is 0 Å². The number of carbonyl (C=O) groups is 1. The molecular formula is C12H9ClFNOS2. The molecule has 1 aromatic heterocycles. The summed E-state index contributed by atoms with van der Waals surface area (Å²) in [5, 5.41) is 2.73. The van der Waals surface area contributed by atoms with Gasteiger partial charge in [0.1, 0.15) is 5.82 Å². The van der Waals surface area contributed by atoms with Gasteiger partial charge in [-0.2, -0.15) is 0 Å². The molecule has 0 saturated heterocycles. The summed E-state index contributed by atoms with van der Waals surface area (Å²) in [5.41, 5.74) is 0.379. The van der Waals surface area contributed by atoms with Crippen LogP contribution < -0.4 is 5.32 Å². The molecule has 2 nitrogen and oxygen atoms in total. The van der Waals surface area contributed by atoms with Crippen LogP contribution in [0.25, 0.3) is 0 Å². The van der Waals surface area contributed by atoms with Crippen LogP contribution in [-0.4, -0.2) is 5.91 Å². The minimum atomic E-state index is -0.445. The van der Waals surface area contributed by atoms with Crippen LogP contribution in [0.15, 0.2) is 35.2 Å². The summed E-state index contributed by atoms with van der Waals surface area (Å²) >= 11 is 11.1. The van der Waals surface area contributed by atoms with Gasteiger partial charge in [0.2, 0.25) is 0 Å². The van der Waals surface area contributed by atoms with Gasteiger partial charge in [-0.3, -0.25) is 4.79 Å². The average Bonchev–Trinajstić information content (AvgIpc) is 2.75. The van der Waals surface area contributed by atoms with E-state index < -0.39 is 5.82 Å². The second kappa shape index (κ2) is 5.73. The summed E-state index contributed by atoms with van der Waals surface area (Å²) in [7, 11) is 0. The van der Waals surface area contributed by atoms with Crippen LogP contribution in [0, 0.1) is 5.82 Å². The van der Waals surface area contributed by atoms with Gasteiger partial charge >= 0.3 is 0 Å². The zero-order valence-electron chi connectivity index (χ0n) is 9.11. The molecule has 94 valence electrons. The quantitative estimate of drug-likeness (QED) is 0.831. The summed E-state index contributed by atoms with van der Waals surface area (Å²) in [6.07, 6.45) is 0. The van der Waals surface area contributed by atoms with E-state index in [-0.39, 0.29) is 10.8 Å². The maximum absolute atomic E-state index is 13.0. The van der Waals surface area contributed by atoms with Gasteiger partial charge < -0.3 is 5.32 Å². The van der Waals surface area contributed by atoms with E-state index in [9.17, 15) is 9.18 Å². The van der Waals surface area contributed by atoms with Crippen molar-refractivity contribution in [3.05, 3.63) is 50.9 Å². The van der Waals surface area contributed by atoms with E-state index in [4.69, 9.17) is 11.6 Å². The van der Waals surface area contributed by atoms with E-state index in [2.05, 4.69) is 17.9 Å². The number of hydrogen-bond acceptors (Lipinski definition) is 3. The van der Waals surface area contributed by atoms with Crippen LogP contribution in [0.4, 0.5) is 4.39 Å². The Hall–Kier alpha value is -1.04. The van der Waals surface area contributed by atoms with Crippen LogP contribution >= 0.6 is 35.6 Å². The van der Waals surface area contributed by atoms with E-state index in [0.29, 0.717) is 16.4 Å². The van der Waals surface area contributed by atoms with Crippen LogP contribution in [0.1, 0.15) is 15.2 Å². The van der Waals surface area contributed by atoms with Crippen molar-refractivity contribution in [1.82, 2.24) is 5.32 Å². The lowest BCUT2D eigenvalue weighted by molar-refractivity contribution is 0.0951. The first-order valence-electron chi connectivity index (χ1n) is 5.07. The third kappa shape index (κ3) is 3.25. The molecule has 18 heavy (non-hydrogen) atoms. The molecule has 2 aromatic rings. The highest BCUT2D eigenvalue weighted by molar-refractivity contribution is 7.80. The Labute approximate surface area is 118 Å². The van der Waals surface area contributed by atoms with E-state index in [1.165, 1.54) is 29.5 Å². The van der Waals surface area contributed by atoms with Gasteiger partial charge in [0.25, 0.3) is 5.91 Å². The molecule has 0 aliphatic carbocycles. The first-order chi connectivity index (χ1) is 8.56. The van der Waals surface area contributed by atoms with Crippen LogP contribution in [0.2, 0.25) is 4.34 Å². The normalized spacial score (nSPS) is 10.4. The van der Waals surface area contributed by atoms with Crippen molar-refractivity contribution >= 4 is 41.5 Å². The zero-order valence-corrected chi connectivity index (χ0v) is 11.6. The van der Waals surface area contributed by atoms with Crippen LogP contribution in [0.3, 0.4) is 0 Å². The lowest BCUT2D eigenvalue weighted by Gasteiger charge is -2.04. The van der Waals surface area contributed by atoms with Gasteiger partial charge in [-0.25, -0.2) is 4.39 Å². The number of nitrogens with one attached hydrogen (secondary N) is 1. The van der Waals surface area contributed by atoms with Crippen LogP contribution in [0.5, 0.6) is 0 Å². The predicted molar refractivity (Wildman–Crippen MR) is 74.2 cm³/mol. The molecule has 2 rings (SSSR count). The van der Waals surface area contributed by atoms with E-state index in [0.717, 1.165) is 4.88 Å². The van der Waals surface area contributed by atoms with Crippen molar-refractivity contribution in [2.24, 2.45) is 0 Å². The molecule has 1 amide bonds. The fourth-order valence-electron chi connectivity index (χ4n) is 1.37. The van der Waals surface area contributed by atoms with Crippen molar-refractivity contribution in [2.45, 2.75) is 11.4 Å². The molecule has 1 N–H and O–H groups in total. The largest absolute Gasteiger partial charge is 0.347 e. The monoisotopic (exact) mass is 301 g/mol. The lowest BCUT2D eigenvalue weighted by Crippen LogP contribution is -2.22. The predicted octanol–water partition coefficient (Wildman–Crippen LogP) is 3.76. The third-order valence-corrected chi connectivity index (χ3v) is 3.83. The SMILES string of the molecule is O=C(NCc1ccc(Cl)s1)c1ccc(F)c(S)c1. The Bertz CT molecular complexity index is 585. The Kier molecular flexibility index (Phi) is 4.27. The minimum absolute atomic E-state index is 0.154. The highest BCUT2D eigenvalue weighted by Crippen LogP contribution is 2.21. The highest BCUT2D eigenvalue weighted by Gasteiger charge is 2.08. The summed E-state index contributed by atoms with van der Waals surface area (Å²) in [6.45, 7) is 0.398. The Morgan fingerprint density at radius 2 is 2.17 bits per heavy atom. The molecule has 0 unspecified atom stereocenters. The third-order valence-electron chi connectivity index (χ3n) is 2.26. The van der Waals surface area contributed by atoms with Crippen molar-refractivity contribution in [3.8, 4) is 0 Å². The number of benzene rings is 1. The van der Waals surface area contributed by atoms with Gasteiger partial charge in [0.15, 0.2) is 0 Å². The maximum atomic E-state index is 13.0. The van der Waals surface area contributed by atoms with Gasteiger partial charge in [-0.1, -0.05) is 11.6 Å². The maximum Gasteiger partial charge on any atom is 0.251 e. The standard InChI is InChI=1S/C12H9ClFNOS2/c13-11-4-2-8(18-11)6-15-12(16)7-1-3-9(14)10(17)5-7/h1-5,17H,6H2,(H,15,16). The number of halogens is 2. The van der Waals surface area contributed by atoms with Crippen molar-refractivity contribution < 1.29 is 9.18 Å². The van der Waals surface area contributed by atoms with E-state index in [1.54, 1.807) is 6.07 Å². The summed E-state index contributed by atoms with van der Waals surface area (Å²) < 4.78 is 13.7. The summed E-state index contributed by atoms with van der Waals surface area (Å²) in [6, 6.07) is 7.67. The fourth-order valence-corrected chi connectivity index (χ4v) is 2.61. The lowest BCUT2D eigenvalue weighted by atomic mass is 10.2. The number of thiol groups is 1. The summed E-state index contributed by atoms with van der Waals surface area (Å²) in [4.78, 5) is 12.9. The Morgan fingerprint density at radius 1 is 1.39 bits per heavy atom. The molecule has 0 spiro atoms. The second-order valence-electron chi connectivity index (χ2n) is 3.55. The minimum Gasteiger partial charge on any atom is -0.347 e. The molecule has 6 heteroatoms. The van der Waals surface area contributed by atoms with Gasteiger partial charge in [-0.15, -0.1) is 24.0 Å². The first-order valence-corrected chi connectivity index (χ1v) is 6.71. The van der Waals surface area contributed by atoms with E-state index in [1.807, 2.05) is 6.07 Å². The van der Waals surface area contributed by atoms with Crippen molar-refractivity contribution in [2.75, 3.05) is 0 Å². The van der Waals surface area contributed by atoms with Gasteiger partial charge in [0, 0.05) is 15.3 Å². The Balaban J connectivity index is 2.01. The number of rotatable bonds is 3. The molecule has 0 atom stereocenters. The second-order valence-corrected chi connectivity index (χ2v) is 5.84. The Morgan fingerprint density at radius 3 is 2.78 bits per heavy atom. The van der Waals surface area contributed by atoms with E-state index >= 15 is 0 Å². The smallest absolute Gasteiger partial charge is 0.251 e. The molecule has 0 fully saturated rings. The number of hydrogen-bond donors (Lipinski definition) is 2. The molecule has 1 aromatic carbocycles. The van der Waals surface area contributed by atoms with Gasteiger partial charge in [0.05, 0.1) is 10.9 Å². The number of amides is 1. The molecule has 1 heterocycles. The fraction of sp³-hybridized carbons (Fsp3) is 0.0833. The van der Waals surface area contributed by atoms with Crippen molar-refractivity contribution in [1.29, 1.82) is 0 Å². The number of thiophene rings is 1. The molecule has 0 saturated carbocycles. The average molecular weight is 302 g/mol. The molecule has 0 bridgehead atoms. The molecule has 0 aliphatic heterocycles.